The van der Waals surface area contributed by atoms with Crippen molar-refractivity contribution in [3.8, 4) is 0 Å². The van der Waals surface area contributed by atoms with Gasteiger partial charge in [0.05, 0.1) is 5.92 Å². The van der Waals surface area contributed by atoms with E-state index < -0.39 is 0 Å². The first-order chi connectivity index (χ1) is 13.2. The summed E-state index contributed by atoms with van der Waals surface area (Å²) in [5.74, 6) is 1.47. The number of nitrogens with zero attached hydrogens (tertiary/aromatic N) is 1. The topological polar surface area (TPSA) is 32.3 Å². The first-order valence-electron chi connectivity index (χ1n) is 10.3. The fraction of sp³-hybridized carbons (Fsp3) is 0.458. The first-order valence-corrected chi connectivity index (χ1v) is 10.3. The van der Waals surface area contributed by atoms with Crippen molar-refractivity contribution in [2.24, 2.45) is 11.8 Å². The van der Waals surface area contributed by atoms with Gasteiger partial charge in [0.25, 0.3) is 0 Å². The Morgan fingerprint density at radius 1 is 1.07 bits per heavy atom. The molecule has 1 saturated heterocycles. The summed E-state index contributed by atoms with van der Waals surface area (Å²) in [7, 11) is 0. The van der Waals surface area contributed by atoms with E-state index in [-0.39, 0.29) is 11.8 Å². The lowest BCUT2D eigenvalue weighted by atomic mass is 9.83. The molecule has 1 amide bonds. The Labute approximate surface area is 162 Å². The number of rotatable bonds is 6. The number of aryl methyl sites for hydroxylation is 1. The van der Waals surface area contributed by atoms with Gasteiger partial charge in [-0.25, -0.2) is 0 Å². The molecule has 0 spiro atoms. The molecule has 142 valence electrons. The van der Waals surface area contributed by atoms with Crippen molar-refractivity contribution in [2.75, 3.05) is 19.6 Å². The normalized spacial score (nSPS) is 23.1. The van der Waals surface area contributed by atoms with Crippen molar-refractivity contribution in [2.45, 2.75) is 38.6 Å². The molecule has 1 aliphatic heterocycles. The lowest BCUT2D eigenvalue weighted by Crippen LogP contribution is -2.45. The molecular formula is C24H30N2O. The molecule has 3 heteroatoms. The van der Waals surface area contributed by atoms with Crippen molar-refractivity contribution < 1.29 is 4.79 Å². The predicted molar refractivity (Wildman–Crippen MR) is 109 cm³/mol. The molecule has 1 N–H and O–H groups in total. The zero-order chi connectivity index (χ0) is 18.6. The lowest BCUT2D eigenvalue weighted by Gasteiger charge is -2.37. The molecule has 2 fully saturated rings. The Bertz CT molecular complexity index is 769. The largest absolute Gasteiger partial charge is 0.356 e. The van der Waals surface area contributed by atoms with Crippen LogP contribution in [0.3, 0.4) is 0 Å². The zero-order valence-corrected chi connectivity index (χ0v) is 16.2. The molecule has 2 aliphatic rings. The van der Waals surface area contributed by atoms with Crippen molar-refractivity contribution >= 4 is 5.91 Å². The number of piperidine rings is 1. The second-order valence-corrected chi connectivity index (χ2v) is 8.41. The number of hydrogen-bond acceptors (Lipinski definition) is 2. The van der Waals surface area contributed by atoms with Gasteiger partial charge in [-0.05, 0) is 49.1 Å². The Morgan fingerprint density at radius 2 is 1.89 bits per heavy atom. The highest BCUT2D eigenvalue weighted by molar-refractivity contribution is 5.79. The van der Waals surface area contributed by atoms with Gasteiger partial charge in [-0.3, -0.25) is 9.69 Å². The van der Waals surface area contributed by atoms with Crippen LogP contribution in [0.5, 0.6) is 0 Å². The van der Waals surface area contributed by atoms with E-state index in [1.54, 1.807) is 0 Å². The number of nitrogens with one attached hydrogen (secondary N) is 1. The van der Waals surface area contributed by atoms with Gasteiger partial charge in [0, 0.05) is 26.2 Å². The molecule has 0 unspecified atom stereocenters. The van der Waals surface area contributed by atoms with Crippen LogP contribution in [0.4, 0.5) is 0 Å². The Morgan fingerprint density at radius 3 is 2.63 bits per heavy atom. The van der Waals surface area contributed by atoms with Gasteiger partial charge in [-0.1, -0.05) is 60.2 Å². The van der Waals surface area contributed by atoms with Gasteiger partial charge in [0.15, 0.2) is 0 Å². The summed E-state index contributed by atoms with van der Waals surface area (Å²) in [6, 6.07) is 19.4. The summed E-state index contributed by atoms with van der Waals surface area (Å²) in [5, 5.41) is 3.22. The summed E-state index contributed by atoms with van der Waals surface area (Å²) in [4.78, 5) is 15.3. The average molecular weight is 363 g/mol. The van der Waals surface area contributed by atoms with E-state index in [0.29, 0.717) is 5.92 Å². The number of likely N-dealkylation sites (tertiary alicyclic amines) is 1. The molecule has 2 aromatic rings. The van der Waals surface area contributed by atoms with E-state index in [0.717, 1.165) is 38.5 Å². The number of carbonyl (C=O) groups excluding carboxylic acids is 1. The summed E-state index contributed by atoms with van der Waals surface area (Å²) in [6.45, 7) is 5.80. The van der Waals surface area contributed by atoms with Crippen LogP contribution in [-0.4, -0.2) is 30.4 Å². The second kappa shape index (κ2) is 8.26. The molecule has 0 bridgehead atoms. The summed E-state index contributed by atoms with van der Waals surface area (Å²) in [6.07, 6.45) is 3.50. The summed E-state index contributed by atoms with van der Waals surface area (Å²) in [5.41, 5.74) is 3.98. The molecule has 0 aromatic heterocycles. The molecule has 1 heterocycles. The summed E-state index contributed by atoms with van der Waals surface area (Å²) >= 11 is 0. The maximum Gasteiger partial charge on any atom is 0.224 e. The SMILES string of the molecule is Cc1cccc([C@H]2C[C@H](C(=O)NCC3CC3)CN(Cc3ccccc3)C2)c1. The van der Waals surface area contributed by atoms with E-state index in [1.807, 2.05) is 0 Å². The van der Waals surface area contributed by atoms with Gasteiger partial charge in [-0.2, -0.15) is 0 Å². The van der Waals surface area contributed by atoms with E-state index in [1.165, 1.54) is 29.5 Å². The van der Waals surface area contributed by atoms with Crippen molar-refractivity contribution in [1.82, 2.24) is 10.2 Å². The molecular weight excluding hydrogens is 332 g/mol. The third-order valence-corrected chi connectivity index (χ3v) is 5.92. The van der Waals surface area contributed by atoms with E-state index in [9.17, 15) is 4.79 Å². The second-order valence-electron chi connectivity index (χ2n) is 8.41. The van der Waals surface area contributed by atoms with Crippen molar-refractivity contribution in [1.29, 1.82) is 0 Å². The van der Waals surface area contributed by atoms with Crippen LogP contribution in [0.25, 0.3) is 0 Å². The highest BCUT2D eigenvalue weighted by Gasteiger charge is 2.33. The lowest BCUT2D eigenvalue weighted by molar-refractivity contribution is -0.127. The number of amides is 1. The molecule has 2 aromatic carbocycles. The standard InChI is InChI=1S/C24H30N2O/c1-18-6-5-9-21(12-18)22-13-23(24(27)25-14-19-10-11-19)17-26(16-22)15-20-7-3-2-4-8-20/h2-9,12,19,22-23H,10-11,13-17H2,1H3,(H,25,27)/t22-,23-/m0/s1. The average Bonchev–Trinajstić information content (AvgIpc) is 3.51. The molecule has 4 rings (SSSR count). The summed E-state index contributed by atoms with van der Waals surface area (Å²) < 4.78 is 0. The van der Waals surface area contributed by atoms with Crippen LogP contribution in [0.1, 0.15) is 41.9 Å². The highest BCUT2D eigenvalue weighted by atomic mass is 16.1. The quantitative estimate of drug-likeness (QED) is 0.838. The van der Waals surface area contributed by atoms with Crippen LogP contribution in [0.15, 0.2) is 54.6 Å². The minimum absolute atomic E-state index is 0.0757. The number of carbonyl (C=O) groups is 1. The van der Waals surface area contributed by atoms with Gasteiger partial charge in [-0.15, -0.1) is 0 Å². The third kappa shape index (κ3) is 4.98. The monoisotopic (exact) mass is 362 g/mol. The molecule has 3 nitrogen and oxygen atoms in total. The molecule has 1 aliphatic carbocycles. The van der Waals surface area contributed by atoms with E-state index in [4.69, 9.17) is 0 Å². The Kier molecular flexibility index (Phi) is 5.58. The smallest absolute Gasteiger partial charge is 0.224 e. The van der Waals surface area contributed by atoms with Crippen LogP contribution in [-0.2, 0) is 11.3 Å². The minimum atomic E-state index is 0.0757. The Hall–Kier alpha value is -2.13. The zero-order valence-electron chi connectivity index (χ0n) is 16.2. The van der Waals surface area contributed by atoms with Crippen molar-refractivity contribution in [3.63, 3.8) is 0 Å². The fourth-order valence-electron chi connectivity index (χ4n) is 4.23. The minimum Gasteiger partial charge on any atom is -0.356 e. The van der Waals surface area contributed by atoms with Crippen LogP contribution < -0.4 is 5.32 Å². The molecule has 2 atom stereocenters. The maximum absolute atomic E-state index is 12.8. The van der Waals surface area contributed by atoms with Gasteiger partial charge < -0.3 is 5.32 Å². The molecule has 1 saturated carbocycles. The van der Waals surface area contributed by atoms with Crippen LogP contribution >= 0.6 is 0 Å². The van der Waals surface area contributed by atoms with Crippen LogP contribution in [0.2, 0.25) is 0 Å². The first kappa shape index (κ1) is 18.2. The number of hydrogen-bond donors (Lipinski definition) is 1. The van der Waals surface area contributed by atoms with Gasteiger partial charge in [0.2, 0.25) is 5.91 Å². The molecule has 27 heavy (non-hydrogen) atoms. The van der Waals surface area contributed by atoms with Gasteiger partial charge in [0.1, 0.15) is 0 Å². The number of benzene rings is 2. The van der Waals surface area contributed by atoms with Gasteiger partial charge >= 0.3 is 0 Å². The Balaban J connectivity index is 1.49. The van der Waals surface area contributed by atoms with Crippen molar-refractivity contribution in [3.05, 3.63) is 71.3 Å². The van der Waals surface area contributed by atoms with E-state index >= 15 is 0 Å². The predicted octanol–water partition coefficient (Wildman–Crippen LogP) is 4.13. The highest BCUT2D eigenvalue weighted by Crippen LogP contribution is 2.32. The third-order valence-electron chi connectivity index (χ3n) is 5.92. The van der Waals surface area contributed by atoms with E-state index in [2.05, 4.69) is 71.7 Å². The maximum atomic E-state index is 12.8. The fourth-order valence-corrected chi connectivity index (χ4v) is 4.23. The molecule has 0 radical (unpaired) electrons. The van der Waals surface area contributed by atoms with Crippen LogP contribution in [0, 0.1) is 18.8 Å².